The van der Waals surface area contributed by atoms with Crippen molar-refractivity contribution in [1.29, 1.82) is 0 Å². The minimum atomic E-state index is -0.283. The van der Waals surface area contributed by atoms with Gasteiger partial charge in [0.15, 0.2) is 0 Å². The average Bonchev–Trinajstić information content (AvgIpc) is 2.75. The molecule has 2 aromatic rings. The van der Waals surface area contributed by atoms with Gasteiger partial charge in [-0.25, -0.2) is 0 Å². The largest absolute Gasteiger partial charge is 0.356 e. The van der Waals surface area contributed by atoms with Gasteiger partial charge in [0.2, 0.25) is 11.8 Å². The molecule has 2 rings (SSSR count). The lowest BCUT2D eigenvalue weighted by atomic mass is 10.2. The normalized spacial score (nSPS) is 11.0. The predicted molar refractivity (Wildman–Crippen MR) is 120 cm³/mol. The van der Waals surface area contributed by atoms with E-state index in [4.69, 9.17) is 0 Å². The highest BCUT2D eigenvalue weighted by Gasteiger charge is 2.08. The third-order valence-corrected chi connectivity index (χ3v) is 5.12. The van der Waals surface area contributed by atoms with E-state index in [0.29, 0.717) is 11.9 Å². The Morgan fingerprint density at radius 3 is 2.47 bits per heavy atom. The highest BCUT2D eigenvalue weighted by atomic mass is 16.2. The molecule has 1 aromatic heterocycles. The van der Waals surface area contributed by atoms with Crippen LogP contribution >= 0.6 is 0 Å². The summed E-state index contributed by atoms with van der Waals surface area (Å²) in [5, 5.41) is 7.05. The van der Waals surface area contributed by atoms with Gasteiger partial charge in [-0.05, 0) is 50.0 Å². The monoisotopic (exact) mass is 414 g/mol. The van der Waals surface area contributed by atoms with E-state index < -0.39 is 0 Å². The van der Waals surface area contributed by atoms with Crippen molar-refractivity contribution < 1.29 is 9.59 Å². The maximum absolute atomic E-state index is 12.4. The smallest absolute Gasteiger partial charge is 0.258 e. The summed E-state index contributed by atoms with van der Waals surface area (Å²) < 4.78 is 1.38. The number of nitrogens with one attached hydrogen (secondary N) is 2. The fourth-order valence-electron chi connectivity index (χ4n) is 3.31. The number of unbranched alkanes of at least 4 members (excludes halogenated alkanes) is 1. The predicted octanol–water partition coefficient (Wildman–Crippen LogP) is 2.14. The van der Waals surface area contributed by atoms with Crippen molar-refractivity contribution in [3.8, 4) is 0 Å². The zero-order chi connectivity index (χ0) is 21.8. The lowest BCUT2D eigenvalue weighted by Gasteiger charge is -2.19. The molecule has 2 amide bonds. The van der Waals surface area contributed by atoms with Crippen LogP contribution in [0.5, 0.6) is 0 Å². The van der Waals surface area contributed by atoms with Crippen molar-refractivity contribution >= 4 is 22.6 Å². The summed E-state index contributed by atoms with van der Waals surface area (Å²) in [5.41, 5.74) is -0.193. The fourth-order valence-corrected chi connectivity index (χ4v) is 3.31. The summed E-state index contributed by atoms with van der Waals surface area (Å²) in [6.07, 6.45) is 5.16. The maximum Gasteiger partial charge on any atom is 0.258 e. The summed E-state index contributed by atoms with van der Waals surface area (Å²) in [5.74, 6) is -0.357. The molecule has 0 radical (unpaired) electrons. The van der Waals surface area contributed by atoms with Crippen LogP contribution in [0.4, 0.5) is 0 Å². The lowest BCUT2D eigenvalue weighted by molar-refractivity contribution is -0.122. The molecular formula is C23H34N4O3. The molecule has 1 aromatic carbocycles. The number of hydrogen-bond acceptors (Lipinski definition) is 4. The Kier molecular flexibility index (Phi) is 10.1. The van der Waals surface area contributed by atoms with Gasteiger partial charge >= 0.3 is 0 Å². The fraction of sp³-hybridized carbons (Fsp3) is 0.522. The Hall–Kier alpha value is -2.67. The first-order chi connectivity index (χ1) is 14.5. The molecule has 164 valence electrons. The van der Waals surface area contributed by atoms with Crippen LogP contribution in [0.3, 0.4) is 0 Å². The van der Waals surface area contributed by atoms with Crippen molar-refractivity contribution in [3.05, 3.63) is 46.9 Å². The highest BCUT2D eigenvalue weighted by molar-refractivity contribution is 5.82. The molecule has 0 spiro atoms. The molecule has 0 fully saturated rings. The number of aromatic nitrogens is 1. The number of hydrogen-bond donors (Lipinski definition) is 2. The number of benzene rings is 1. The average molecular weight is 415 g/mol. The molecule has 2 N–H and O–H groups in total. The van der Waals surface area contributed by atoms with Crippen LogP contribution in [0.2, 0.25) is 0 Å². The summed E-state index contributed by atoms with van der Waals surface area (Å²) >= 11 is 0. The molecule has 0 aliphatic rings. The Bertz CT molecular complexity index is 878. The van der Waals surface area contributed by atoms with E-state index in [-0.39, 0.29) is 36.9 Å². The third kappa shape index (κ3) is 7.63. The number of nitrogens with zero attached hydrogens (tertiary/aromatic N) is 2. The van der Waals surface area contributed by atoms with Crippen molar-refractivity contribution in [2.45, 2.75) is 46.1 Å². The van der Waals surface area contributed by atoms with Crippen LogP contribution < -0.4 is 16.2 Å². The van der Waals surface area contributed by atoms with Crippen molar-refractivity contribution in [2.24, 2.45) is 0 Å². The molecule has 7 nitrogen and oxygen atoms in total. The Labute approximate surface area is 178 Å². The Morgan fingerprint density at radius 2 is 1.70 bits per heavy atom. The van der Waals surface area contributed by atoms with Crippen molar-refractivity contribution in [2.75, 3.05) is 32.7 Å². The molecule has 0 atom stereocenters. The van der Waals surface area contributed by atoms with Crippen LogP contribution in [-0.4, -0.2) is 54.0 Å². The van der Waals surface area contributed by atoms with E-state index >= 15 is 0 Å². The highest BCUT2D eigenvalue weighted by Crippen LogP contribution is 2.07. The topological polar surface area (TPSA) is 83.4 Å². The molecule has 0 saturated carbocycles. The molecule has 0 bridgehead atoms. The van der Waals surface area contributed by atoms with E-state index in [1.807, 2.05) is 18.2 Å². The van der Waals surface area contributed by atoms with Gasteiger partial charge in [-0.2, -0.15) is 0 Å². The van der Waals surface area contributed by atoms with Crippen molar-refractivity contribution in [1.82, 2.24) is 20.1 Å². The van der Waals surface area contributed by atoms with E-state index in [1.54, 1.807) is 18.3 Å². The molecule has 1 heterocycles. The second-order valence-corrected chi connectivity index (χ2v) is 7.43. The second kappa shape index (κ2) is 12.8. The second-order valence-electron chi connectivity index (χ2n) is 7.43. The third-order valence-electron chi connectivity index (χ3n) is 5.12. The molecule has 0 aliphatic heterocycles. The minimum Gasteiger partial charge on any atom is -0.356 e. The van der Waals surface area contributed by atoms with E-state index in [9.17, 15) is 14.4 Å². The van der Waals surface area contributed by atoms with Gasteiger partial charge in [0, 0.05) is 31.1 Å². The van der Waals surface area contributed by atoms with Gasteiger partial charge in [0.05, 0.1) is 0 Å². The van der Waals surface area contributed by atoms with E-state index in [0.717, 1.165) is 31.4 Å². The summed E-state index contributed by atoms with van der Waals surface area (Å²) in [4.78, 5) is 38.9. The molecule has 0 unspecified atom stereocenters. The summed E-state index contributed by atoms with van der Waals surface area (Å²) in [7, 11) is 0. The van der Waals surface area contributed by atoms with Crippen LogP contribution in [0.25, 0.3) is 10.8 Å². The number of carbonyl (C=O) groups excluding carboxylic acids is 2. The summed E-state index contributed by atoms with van der Waals surface area (Å²) in [6, 6.07) is 9.11. The molecular weight excluding hydrogens is 380 g/mol. The van der Waals surface area contributed by atoms with Crippen molar-refractivity contribution in [3.63, 3.8) is 0 Å². The molecule has 30 heavy (non-hydrogen) atoms. The number of amides is 2. The van der Waals surface area contributed by atoms with Crippen LogP contribution in [0.15, 0.2) is 41.3 Å². The maximum atomic E-state index is 12.4. The Morgan fingerprint density at radius 1 is 0.967 bits per heavy atom. The number of pyridine rings is 1. The van der Waals surface area contributed by atoms with Crippen LogP contribution in [0, 0.1) is 0 Å². The molecule has 7 heteroatoms. The molecule has 0 saturated heterocycles. The summed E-state index contributed by atoms with van der Waals surface area (Å²) in [6.45, 7) is 8.29. The number of rotatable bonds is 13. The first-order valence-corrected chi connectivity index (χ1v) is 10.9. The van der Waals surface area contributed by atoms with E-state index in [1.165, 1.54) is 17.4 Å². The van der Waals surface area contributed by atoms with Gasteiger partial charge in [-0.3, -0.25) is 14.4 Å². The quantitative estimate of drug-likeness (QED) is 0.492. The number of fused-ring (bicyclic) bond motifs is 1. The van der Waals surface area contributed by atoms with E-state index in [2.05, 4.69) is 29.4 Å². The number of carbonyl (C=O) groups is 2. The Balaban J connectivity index is 1.65. The minimum absolute atomic E-state index is 0.0596. The van der Waals surface area contributed by atoms with Gasteiger partial charge < -0.3 is 20.1 Å². The van der Waals surface area contributed by atoms with Crippen LogP contribution in [-0.2, 0) is 16.1 Å². The molecule has 0 aliphatic carbocycles. The zero-order valence-electron chi connectivity index (χ0n) is 18.2. The van der Waals surface area contributed by atoms with Gasteiger partial charge in [-0.15, -0.1) is 0 Å². The first-order valence-electron chi connectivity index (χ1n) is 10.9. The zero-order valence-corrected chi connectivity index (χ0v) is 18.2. The van der Waals surface area contributed by atoms with Gasteiger partial charge in [0.1, 0.15) is 6.54 Å². The van der Waals surface area contributed by atoms with Gasteiger partial charge in [-0.1, -0.05) is 38.5 Å². The van der Waals surface area contributed by atoms with Crippen LogP contribution in [0.1, 0.15) is 39.5 Å². The SMILES string of the molecule is CCCCN(CC)CCCNC(=O)CCNC(=O)Cn1ccc2ccccc2c1=O. The van der Waals surface area contributed by atoms with Gasteiger partial charge in [0.25, 0.3) is 5.56 Å². The lowest BCUT2D eigenvalue weighted by Crippen LogP contribution is -2.35. The first kappa shape index (κ1) is 23.6. The standard InChI is InChI=1S/C23H34N4O3/c1-3-5-15-26(4-2)16-8-13-24-21(28)11-14-25-22(29)18-27-17-12-19-9-6-7-10-20(19)23(27)30/h6-7,9-10,12,17H,3-5,8,11,13-16,18H2,1-2H3,(H,24,28)(H,25,29).